The summed E-state index contributed by atoms with van der Waals surface area (Å²) in [6.45, 7) is 0. The molecule has 2 aromatic heterocycles. The molecule has 0 saturated carbocycles. The van der Waals surface area contributed by atoms with Crippen molar-refractivity contribution in [3.8, 4) is 11.6 Å². The molecule has 0 unspecified atom stereocenters. The summed E-state index contributed by atoms with van der Waals surface area (Å²) >= 11 is 1.10. The molecule has 0 bridgehead atoms. The molecule has 3 rings (SSSR count). The number of nitrogens with zero attached hydrogens (tertiary/aromatic N) is 2. The molecule has 2 heterocycles. The summed E-state index contributed by atoms with van der Waals surface area (Å²) in [5.41, 5.74) is 1.63. The fraction of sp³-hybridized carbons (Fsp3) is 0.222. The number of nitrogens with one attached hydrogen (secondary N) is 2. The first-order valence-electron chi connectivity index (χ1n) is 8.17. The van der Waals surface area contributed by atoms with Crippen LogP contribution in [0.1, 0.15) is 5.56 Å². The molecule has 1 atom stereocenters. The predicted octanol–water partition coefficient (Wildman–Crippen LogP) is 2.06. The second-order valence-electron chi connectivity index (χ2n) is 5.58. The third-order valence-corrected chi connectivity index (χ3v) is 4.48. The molecule has 0 aliphatic rings. The average molecular weight is 386 g/mol. The lowest BCUT2D eigenvalue weighted by atomic mass is 10.1. The monoisotopic (exact) mass is 386 g/mol. The molecule has 8 nitrogen and oxygen atoms in total. The van der Waals surface area contributed by atoms with Crippen LogP contribution >= 0.6 is 11.8 Å². The van der Waals surface area contributed by atoms with Crippen molar-refractivity contribution in [2.75, 3.05) is 12.9 Å². The van der Waals surface area contributed by atoms with E-state index in [1.54, 1.807) is 12.3 Å². The summed E-state index contributed by atoms with van der Waals surface area (Å²) in [6, 6.07) is 12.3. The summed E-state index contributed by atoms with van der Waals surface area (Å²) in [4.78, 5) is 27.2. The molecular formula is C18H18N4O4S. The Morgan fingerprint density at radius 2 is 2.04 bits per heavy atom. The van der Waals surface area contributed by atoms with Gasteiger partial charge in [0.2, 0.25) is 5.91 Å². The van der Waals surface area contributed by atoms with Gasteiger partial charge in [0.15, 0.2) is 0 Å². The van der Waals surface area contributed by atoms with Crippen molar-refractivity contribution in [1.82, 2.24) is 20.5 Å². The number of esters is 1. The highest BCUT2D eigenvalue weighted by atomic mass is 32.2. The van der Waals surface area contributed by atoms with Gasteiger partial charge in [0.05, 0.1) is 12.9 Å². The first-order valence-corrected chi connectivity index (χ1v) is 9.15. The molecule has 0 saturated heterocycles. The van der Waals surface area contributed by atoms with Crippen LogP contribution in [0.4, 0.5) is 0 Å². The third kappa shape index (κ3) is 5.20. The Balaban J connectivity index is 1.55. The number of H-pyrrole nitrogens is 1. The van der Waals surface area contributed by atoms with Gasteiger partial charge < -0.3 is 19.5 Å². The zero-order chi connectivity index (χ0) is 19.1. The number of amides is 1. The Kier molecular flexibility index (Phi) is 6.26. The SMILES string of the molecule is COC(=O)[C@@H](Cc1ccccc1)NC(=O)CSc1nnc(-c2ccc[nH]2)o1. The number of hydrogen-bond acceptors (Lipinski definition) is 7. The Hall–Kier alpha value is -3.07. The Morgan fingerprint density at radius 3 is 2.74 bits per heavy atom. The van der Waals surface area contributed by atoms with Gasteiger partial charge in [-0.15, -0.1) is 10.2 Å². The van der Waals surface area contributed by atoms with Gasteiger partial charge in [0.25, 0.3) is 11.1 Å². The fourth-order valence-corrected chi connectivity index (χ4v) is 2.96. The van der Waals surface area contributed by atoms with E-state index in [4.69, 9.17) is 9.15 Å². The first-order chi connectivity index (χ1) is 13.2. The maximum atomic E-state index is 12.2. The van der Waals surface area contributed by atoms with Gasteiger partial charge in [-0.2, -0.15) is 0 Å². The lowest BCUT2D eigenvalue weighted by Crippen LogP contribution is -2.43. The summed E-state index contributed by atoms with van der Waals surface area (Å²) in [5.74, 6) is -0.441. The van der Waals surface area contributed by atoms with E-state index in [0.717, 1.165) is 17.3 Å². The van der Waals surface area contributed by atoms with Crippen LogP contribution in [0.5, 0.6) is 0 Å². The smallest absolute Gasteiger partial charge is 0.328 e. The van der Waals surface area contributed by atoms with Crippen LogP contribution in [0.3, 0.4) is 0 Å². The molecule has 0 radical (unpaired) electrons. The number of rotatable bonds is 8. The number of ether oxygens (including phenoxy) is 1. The maximum Gasteiger partial charge on any atom is 0.328 e. The largest absolute Gasteiger partial charge is 0.467 e. The van der Waals surface area contributed by atoms with Gasteiger partial charge in [-0.25, -0.2) is 4.79 Å². The predicted molar refractivity (Wildman–Crippen MR) is 98.9 cm³/mol. The molecule has 0 aliphatic carbocycles. The Bertz CT molecular complexity index is 880. The standard InChI is InChI=1S/C18H18N4O4S/c1-25-17(24)14(10-12-6-3-2-4-7-12)20-15(23)11-27-18-22-21-16(26-18)13-8-5-9-19-13/h2-9,14,19H,10-11H2,1H3,(H,20,23)/t14-/m1/s1. The number of hydrogen-bond donors (Lipinski definition) is 2. The molecule has 0 spiro atoms. The van der Waals surface area contributed by atoms with Crippen molar-refractivity contribution in [2.24, 2.45) is 0 Å². The molecule has 1 amide bonds. The maximum absolute atomic E-state index is 12.2. The molecule has 27 heavy (non-hydrogen) atoms. The minimum atomic E-state index is -0.761. The van der Waals surface area contributed by atoms with E-state index in [0.29, 0.717) is 18.0 Å². The molecule has 0 aliphatic heterocycles. The molecule has 140 valence electrons. The molecular weight excluding hydrogens is 368 g/mol. The third-order valence-electron chi connectivity index (χ3n) is 3.67. The summed E-state index contributed by atoms with van der Waals surface area (Å²) in [5, 5.41) is 10.8. The average Bonchev–Trinajstić information content (AvgIpc) is 3.37. The van der Waals surface area contributed by atoms with Gasteiger partial charge in [0.1, 0.15) is 11.7 Å². The summed E-state index contributed by atoms with van der Waals surface area (Å²) < 4.78 is 10.3. The van der Waals surface area contributed by atoms with E-state index < -0.39 is 12.0 Å². The van der Waals surface area contributed by atoms with Gasteiger partial charge in [0, 0.05) is 12.6 Å². The highest BCUT2D eigenvalue weighted by Crippen LogP contribution is 2.21. The Morgan fingerprint density at radius 1 is 1.22 bits per heavy atom. The lowest BCUT2D eigenvalue weighted by Gasteiger charge is -2.16. The Labute approximate surface area is 159 Å². The second-order valence-corrected chi connectivity index (χ2v) is 6.51. The molecule has 3 aromatic rings. The van der Waals surface area contributed by atoms with Crippen LogP contribution in [0.2, 0.25) is 0 Å². The van der Waals surface area contributed by atoms with Gasteiger partial charge in [-0.05, 0) is 17.7 Å². The van der Waals surface area contributed by atoms with E-state index in [1.165, 1.54) is 7.11 Å². The molecule has 9 heteroatoms. The number of methoxy groups -OCH3 is 1. The number of aromatic nitrogens is 3. The number of thioether (sulfide) groups is 1. The molecule has 0 fully saturated rings. The van der Waals surface area contributed by atoms with Crippen molar-refractivity contribution >= 4 is 23.6 Å². The highest BCUT2D eigenvalue weighted by molar-refractivity contribution is 7.99. The van der Waals surface area contributed by atoms with Crippen LogP contribution in [0, 0.1) is 0 Å². The quantitative estimate of drug-likeness (QED) is 0.450. The number of aromatic amines is 1. The minimum Gasteiger partial charge on any atom is -0.467 e. The normalized spacial score (nSPS) is 11.7. The van der Waals surface area contributed by atoms with Crippen molar-refractivity contribution in [3.63, 3.8) is 0 Å². The zero-order valence-electron chi connectivity index (χ0n) is 14.5. The lowest BCUT2D eigenvalue weighted by molar-refractivity contribution is -0.144. The number of benzene rings is 1. The van der Waals surface area contributed by atoms with Crippen LogP contribution in [-0.4, -0.2) is 46.0 Å². The van der Waals surface area contributed by atoms with Crippen LogP contribution < -0.4 is 5.32 Å². The summed E-state index contributed by atoms with van der Waals surface area (Å²) in [7, 11) is 1.29. The highest BCUT2D eigenvalue weighted by Gasteiger charge is 2.22. The van der Waals surface area contributed by atoms with E-state index in [9.17, 15) is 9.59 Å². The van der Waals surface area contributed by atoms with E-state index in [-0.39, 0.29) is 16.9 Å². The molecule has 1 aromatic carbocycles. The van der Waals surface area contributed by atoms with Crippen LogP contribution in [-0.2, 0) is 20.7 Å². The fourth-order valence-electron chi connectivity index (χ4n) is 2.39. The van der Waals surface area contributed by atoms with Gasteiger partial charge in [-0.3, -0.25) is 4.79 Å². The first kappa shape index (κ1) is 18.7. The topological polar surface area (TPSA) is 110 Å². The van der Waals surface area contributed by atoms with Crippen molar-refractivity contribution in [2.45, 2.75) is 17.7 Å². The number of carbonyl (C=O) groups is 2. The van der Waals surface area contributed by atoms with E-state index in [1.807, 2.05) is 36.4 Å². The van der Waals surface area contributed by atoms with Crippen LogP contribution in [0.15, 0.2) is 58.3 Å². The van der Waals surface area contributed by atoms with Crippen molar-refractivity contribution in [1.29, 1.82) is 0 Å². The molecule has 2 N–H and O–H groups in total. The van der Waals surface area contributed by atoms with E-state index >= 15 is 0 Å². The van der Waals surface area contributed by atoms with Crippen molar-refractivity contribution in [3.05, 3.63) is 54.2 Å². The van der Waals surface area contributed by atoms with Crippen LogP contribution in [0.25, 0.3) is 11.6 Å². The van der Waals surface area contributed by atoms with Crippen molar-refractivity contribution < 1.29 is 18.7 Å². The summed E-state index contributed by atoms with van der Waals surface area (Å²) in [6.07, 6.45) is 2.10. The zero-order valence-corrected chi connectivity index (χ0v) is 15.4. The van der Waals surface area contributed by atoms with Gasteiger partial charge in [-0.1, -0.05) is 42.1 Å². The van der Waals surface area contributed by atoms with E-state index in [2.05, 4.69) is 20.5 Å². The van der Waals surface area contributed by atoms with Gasteiger partial charge >= 0.3 is 5.97 Å². The second kappa shape index (κ2) is 9.04. The minimum absolute atomic E-state index is 0.0364. The number of carbonyl (C=O) groups excluding carboxylic acids is 2.